The topological polar surface area (TPSA) is 96.0 Å². The van der Waals surface area contributed by atoms with Gasteiger partial charge in [-0.15, -0.1) is 0 Å². The number of benzene rings is 3. The van der Waals surface area contributed by atoms with E-state index in [4.69, 9.17) is 26.1 Å². The third-order valence-corrected chi connectivity index (χ3v) is 8.41. The Kier molecular flexibility index (Phi) is 5.24. The van der Waals surface area contributed by atoms with Gasteiger partial charge in [-0.05, 0) is 47.8 Å². The Balaban J connectivity index is 1.50. The maximum atomic E-state index is 13.9. The maximum absolute atomic E-state index is 13.9. The van der Waals surface area contributed by atoms with Gasteiger partial charge >= 0.3 is 0 Å². The molecule has 0 N–H and O–H groups in total. The molecule has 0 spiro atoms. The molecule has 0 fully saturated rings. The summed E-state index contributed by atoms with van der Waals surface area (Å²) in [6.07, 6.45) is 3.10. The molecule has 0 saturated heterocycles. The minimum absolute atomic E-state index is 0.0109. The molecule has 1 aliphatic carbocycles. The lowest BCUT2D eigenvalue weighted by molar-refractivity contribution is -0.385. The van der Waals surface area contributed by atoms with Crippen LogP contribution in [0.1, 0.15) is 34.7 Å². The van der Waals surface area contributed by atoms with E-state index in [-0.39, 0.29) is 23.6 Å². The monoisotopic (exact) mass is 543 g/mol. The number of thiazole rings is 1. The second-order valence-corrected chi connectivity index (χ2v) is 10.6. The molecule has 1 atom stereocenters. The van der Waals surface area contributed by atoms with E-state index in [1.54, 1.807) is 4.57 Å². The summed E-state index contributed by atoms with van der Waals surface area (Å²) in [5.41, 5.74) is 4.78. The first-order valence-electron chi connectivity index (χ1n) is 11.9. The van der Waals surface area contributed by atoms with Crippen LogP contribution in [0.15, 0.2) is 76.0 Å². The van der Waals surface area contributed by atoms with Crippen LogP contribution in [0.3, 0.4) is 0 Å². The lowest BCUT2D eigenvalue weighted by Crippen LogP contribution is -2.38. The Hall–Kier alpha value is -4.21. The SMILES string of the molecule is O=c1/c(=C\c2cc3c(cc2[N+](=O)[O-])OCO3)sc2n1C(c1ccccc1Cl)C1=C(N=2)c2ccccc2CC1. The van der Waals surface area contributed by atoms with Crippen LogP contribution in [0.4, 0.5) is 5.69 Å². The molecule has 7 rings (SSSR count). The van der Waals surface area contributed by atoms with Crippen LogP contribution in [0.5, 0.6) is 11.5 Å². The summed E-state index contributed by atoms with van der Waals surface area (Å²) in [6, 6.07) is 18.1. The number of rotatable bonds is 3. The van der Waals surface area contributed by atoms with E-state index >= 15 is 0 Å². The van der Waals surface area contributed by atoms with Crippen molar-refractivity contribution in [3.8, 4) is 11.5 Å². The highest BCUT2D eigenvalue weighted by Gasteiger charge is 2.33. The summed E-state index contributed by atoms with van der Waals surface area (Å²) in [4.78, 5) is 30.8. The highest BCUT2D eigenvalue weighted by Crippen LogP contribution is 2.43. The molecule has 0 radical (unpaired) electrons. The molecule has 10 heteroatoms. The second kappa shape index (κ2) is 8.68. The molecule has 3 heterocycles. The van der Waals surface area contributed by atoms with Crippen molar-refractivity contribution in [2.45, 2.75) is 18.9 Å². The third kappa shape index (κ3) is 3.50. The summed E-state index contributed by atoms with van der Waals surface area (Å²) in [5, 5.41) is 12.4. The zero-order valence-electron chi connectivity index (χ0n) is 19.7. The number of hydrogen-bond acceptors (Lipinski definition) is 7. The highest BCUT2D eigenvalue weighted by atomic mass is 35.5. The van der Waals surface area contributed by atoms with E-state index in [2.05, 4.69) is 12.1 Å². The number of fused-ring (bicyclic) bond motifs is 4. The van der Waals surface area contributed by atoms with Gasteiger partial charge in [-0.2, -0.15) is 0 Å². The van der Waals surface area contributed by atoms with E-state index in [9.17, 15) is 14.9 Å². The summed E-state index contributed by atoms with van der Waals surface area (Å²) >= 11 is 7.88. The third-order valence-electron chi connectivity index (χ3n) is 7.08. The van der Waals surface area contributed by atoms with Gasteiger partial charge in [-0.3, -0.25) is 19.5 Å². The molecule has 188 valence electrons. The average Bonchev–Trinajstić information content (AvgIpc) is 3.51. The number of aryl methyl sites for hydroxylation is 1. The number of ether oxygens (including phenoxy) is 2. The van der Waals surface area contributed by atoms with Crippen molar-refractivity contribution < 1.29 is 14.4 Å². The predicted octanol–water partition coefficient (Wildman–Crippen LogP) is 4.61. The quantitative estimate of drug-likeness (QED) is 0.278. The standard InChI is InChI=1S/C28H18ClN3O5S/c29-20-8-4-3-7-18(20)26-19-10-9-15-5-1-2-6-17(15)25(19)30-28-31(26)27(33)24(38-28)12-16-11-22-23(37-14-36-22)13-21(16)32(34)35/h1-8,11-13,26H,9-10,14H2/b24-12+. The predicted molar refractivity (Wildman–Crippen MR) is 143 cm³/mol. The van der Waals surface area contributed by atoms with Crippen LogP contribution in [-0.4, -0.2) is 16.3 Å². The molecular formula is C28H18ClN3O5S. The van der Waals surface area contributed by atoms with Crippen molar-refractivity contribution in [1.29, 1.82) is 0 Å². The number of nitrogens with zero attached hydrogens (tertiary/aromatic N) is 3. The van der Waals surface area contributed by atoms with Crippen LogP contribution in [0, 0.1) is 10.1 Å². The Labute approximate surface area is 224 Å². The molecule has 0 saturated carbocycles. The fourth-order valence-corrected chi connectivity index (χ4v) is 6.59. The van der Waals surface area contributed by atoms with Crippen LogP contribution < -0.4 is 24.4 Å². The number of hydrogen-bond donors (Lipinski definition) is 0. The van der Waals surface area contributed by atoms with Gasteiger partial charge in [0.2, 0.25) is 6.79 Å². The summed E-state index contributed by atoms with van der Waals surface area (Å²) in [6.45, 7) is -0.0109. The van der Waals surface area contributed by atoms with Crippen molar-refractivity contribution in [2.24, 2.45) is 4.99 Å². The molecule has 8 nitrogen and oxygen atoms in total. The van der Waals surface area contributed by atoms with Crippen LogP contribution in [0.2, 0.25) is 5.02 Å². The molecule has 0 amide bonds. The zero-order valence-corrected chi connectivity index (χ0v) is 21.3. The first kappa shape index (κ1) is 22.9. The second-order valence-electron chi connectivity index (χ2n) is 9.16. The summed E-state index contributed by atoms with van der Waals surface area (Å²) in [5.74, 6) is 0.705. The Morgan fingerprint density at radius 1 is 1.08 bits per heavy atom. The number of halogens is 1. The maximum Gasteiger partial charge on any atom is 0.280 e. The van der Waals surface area contributed by atoms with Crippen molar-refractivity contribution in [1.82, 2.24) is 4.57 Å². The fourth-order valence-electron chi connectivity index (χ4n) is 5.36. The van der Waals surface area contributed by atoms with Crippen LogP contribution in [0.25, 0.3) is 11.8 Å². The molecule has 4 aromatic rings. The van der Waals surface area contributed by atoms with Gasteiger partial charge in [0, 0.05) is 10.6 Å². The molecule has 2 aliphatic heterocycles. The van der Waals surface area contributed by atoms with Gasteiger partial charge in [-0.25, -0.2) is 4.99 Å². The average molecular weight is 544 g/mol. The molecule has 3 aromatic carbocycles. The van der Waals surface area contributed by atoms with Gasteiger partial charge in [0.05, 0.1) is 32.8 Å². The first-order valence-corrected chi connectivity index (χ1v) is 13.1. The van der Waals surface area contributed by atoms with E-state index < -0.39 is 11.0 Å². The first-order chi connectivity index (χ1) is 18.5. The molecule has 3 aliphatic rings. The largest absolute Gasteiger partial charge is 0.454 e. The van der Waals surface area contributed by atoms with Crippen LogP contribution >= 0.6 is 22.9 Å². The van der Waals surface area contributed by atoms with Gasteiger partial charge in [0.15, 0.2) is 16.3 Å². The Morgan fingerprint density at radius 3 is 2.66 bits per heavy atom. The lowest BCUT2D eigenvalue weighted by Gasteiger charge is -2.31. The van der Waals surface area contributed by atoms with Crippen molar-refractivity contribution >= 4 is 40.4 Å². The number of nitro benzene ring substituents is 1. The van der Waals surface area contributed by atoms with Gasteiger partial charge in [0.1, 0.15) is 0 Å². The Bertz CT molecular complexity index is 1890. The minimum Gasteiger partial charge on any atom is -0.454 e. The van der Waals surface area contributed by atoms with E-state index in [0.29, 0.717) is 25.9 Å². The van der Waals surface area contributed by atoms with Crippen molar-refractivity contribution in [3.05, 3.63) is 123 Å². The van der Waals surface area contributed by atoms with Crippen LogP contribution in [-0.2, 0) is 6.42 Å². The lowest BCUT2D eigenvalue weighted by atomic mass is 9.83. The molecule has 1 unspecified atom stereocenters. The van der Waals surface area contributed by atoms with E-state index in [1.807, 2.05) is 36.4 Å². The normalized spacial score (nSPS) is 17.5. The number of allylic oxidation sites excluding steroid dienone is 1. The van der Waals surface area contributed by atoms with Crippen molar-refractivity contribution in [2.75, 3.05) is 6.79 Å². The summed E-state index contributed by atoms with van der Waals surface area (Å²) < 4.78 is 12.7. The smallest absolute Gasteiger partial charge is 0.280 e. The molecule has 0 bridgehead atoms. The van der Waals surface area contributed by atoms with Gasteiger partial charge in [0.25, 0.3) is 11.2 Å². The van der Waals surface area contributed by atoms with E-state index in [1.165, 1.54) is 35.1 Å². The Morgan fingerprint density at radius 2 is 1.84 bits per heavy atom. The summed E-state index contributed by atoms with van der Waals surface area (Å²) in [7, 11) is 0. The van der Waals surface area contributed by atoms with Crippen molar-refractivity contribution in [3.63, 3.8) is 0 Å². The van der Waals surface area contributed by atoms with E-state index in [0.717, 1.165) is 35.2 Å². The zero-order chi connectivity index (χ0) is 26.0. The highest BCUT2D eigenvalue weighted by molar-refractivity contribution is 7.07. The number of nitro groups is 1. The van der Waals surface area contributed by atoms with Gasteiger partial charge in [-0.1, -0.05) is 65.4 Å². The molecule has 1 aromatic heterocycles. The molecule has 38 heavy (non-hydrogen) atoms. The minimum atomic E-state index is -0.493. The van der Waals surface area contributed by atoms with Gasteiger partial charge < -0.3 is 9.47 Å². The molecular weight excluding hydrogens is 526 g/mol. The number of aromatic nitrogens is 1. The fraction of sp³-hybridized carbons (Fsp3) is 0.143.